The van der Waals surface area contributed by atoms with Crippen molar-refractivity contribution < 1.29 is 0 Å². The van der Waals surface area contributed by atoms with Gasteiger partial charge in [-0.3, -0.25) is 0 Å². The fraction of sp³-hybridized carbons (Fsp3) is 1.00. The van der Waals surface area contributed by atoms with Gasteiger partial charge in [-0.2, -0.15) is 0 Å². The Kier molecular flexibility index (Phi) is 17.7. The molecule has 1 unspecified atom stereocenters. The molecule has 0 spiro atoms. The summed E-state index contributed by atoms with van der Waals surface area (Å²) in [6.45, 7) is 2.27. The molecule has 0 aromatic carbocycles. The van der Waals surface area contributed by atoms with E-state index in [4.69, 9.17) is 0 Å². The Hall–Kier alpha value is 0.910. The first-order chi connectivity index (χ1) is 4.91. The minimum absolute atomic E-state index is 0. The fourth-order valence-corrected chi connectivity index (χ4v) is 1.39. The second kappa shape index (κ2) is 13.5. The molecule has 0 nitrogen and oxygen atoms in total. The lowest BCUT2D eigenvalue weighted by molar-refractivity contribution is 0.603. The first-order valence-corrected chi connectivity index (χ1v) is 5.43. The molecule has 0 aromatic heterocycles. The van der Waals surface area contributed by atoms with Crippen LogP contribution in [0.25, 0.3) is 0 Å². The third-order valence-corrected chi connectivity index (χ3v) is 2.22. The summed E-state index contributed by atoms with van der Waals surface area (Å²) in [5, 5.41) is 0. The molecule has 0 fully saturated rings. The Bertz CT molecular complexity index is 49.5. The molecule has 0 aliphatic rings. The Morgan fingerprint density at radius 2 is 1.27 bits per heavy atom. The van der Waals surface area contributed by atoms with Crippen LogP contribution >= 0.6 is 26.2 Å². The molecule has 0 heterocycles. The maximum atomic E-state index is 2.79. The highest BCUT2D eigenvalue weighted by atomic mass is 79.9. The molecule has 2 heteroatoms. The van der Waals surface area contributed by atoms with E-state index >= 15 is 0 Å². The molecule has 1 atom stereocenters. The van der Waals surface area contributed by atoms with E-state index in [1.54, 1.807) is 0 Å². The second-order valence-electron chi connectivity index (χ2n) is 2.91. The van der Waals surface area contributed by atoms with Crippen molar-refractivity contribution in [1.82, 2.24) is 0 Å². The maximum Gasteiger partial charge on any atom is -0.0381 e. The van der Waals surface area contributed by atoms with E-state index in [-0.39, 0.29) is 17.0 Å². The summed E-state index contributed by atoms with van der Waals surface area (Å²) in [6, 6.07) is 0. The predicted molar refractivity (Wildman–Crippen MR) is 62.9 cm³/mol. The summed E-state index contributed by atoms with van der Waals surface area (Å²) in [6.07, 6.45) is 11.3. The molecule has 0 aromatic rings. The Labute approximate surface area is 84.5 Å². The molecule has 0 saturated heterocycles. The summed E-state index contributed by atoms with van der Waals surface area (Å²) < 4.78 is 0. The largest absolute Gasteiger partial charge is 0.138 e. The maximum absolute atomic E-state index is 2.79. The molecule has 0 bridgehead atoms. The zero-order valence-electron chi connectivity index (χ0n) is 7.64. The van der Waals surface area contributed by atoms with Gasteiger partial charge in [-0.05, 0) is 12.6 Å². The molecule has 0 amide bonds. The quantitative estimate of drug-likeness (QED) is 0.463. The van der Waals surface area contributed by atoms with E-state index in [1.807, 2.05) is 0 Å². The summed E-state index contributed by atoms with van der Waals surface area (Å²) >= 11 is 0. The predicted octanol–water partition coefficient (Wildman–Crippen LogP) is 4.19. The van der Waals surface area contributed by atoms with E-state index in [0.29, 0.717) is 0 Å². The minimum Gasteiger partial charge on any atom is -0.138 e. The van der Waals surface area contributed by atoms with Gasteiger partial charge >= 0.3 is 0 Å². The number of halogens is 1. The van der Waals surface area contributed by atoms with Crippen molar-refractivity contribution in [1.29, 1.82) is 0 Å². The molecule has 70 valence electrons. The summed E-state index contributed by atoms with van der Waals surface area (Å²) in [5.41, 5.74) is 0. The first kappa shape index (κ1) is 14.4. The van der Waals surface area contributed by atoms with Crippen LogP contribution in [0.15, 0.2) is 0 Å². The molecule has 0 N–H and O–H groups in total. The fourth-order valence-electron chi connectivity index (χ4n) is 1.10. The van der Waals surface area contributed by atoms with Gasteiger partial charge in [0.1, 0.15) is 0 Å². The van der Waals surface area contributed by atoms with Crippen molar-refractivity contribution in [2.24, 2.45) is 0 Å². The van der Waals surface area contributed by atoms with Crippen molar-refractivity contribution in [3.05, 3.63) is 0 Å². The highest BCUT2D eigenvalue weighted by Crippen LogP contribution is 2.07. The van der Waals surface area contributed by atoms with Gasteiger partial charge in [-0.1, -0.05) is 45.4 Å². The first-order valence-electron chi connectivity index (χ1n) is 4.62. The Morgan fingerprint density at radius 3 is 1.73 bits per heavy atom. The molecule has 0 aliphatic heterocycles. The van der Waals surface area contributed by atoms with Crippen molar-refractivity contribution >= 4 is 26.2 Å². The van der Waals surface area contributed by atoms with Gasteiger partial charge in [0.05, 0.1) is 0 Å². The van der Waals surface area contributed by atoms with Gasteiger partial charge in [0, 0.05) is 0 Å². The van der Waals surface area contributed by atoms with Crippen LogP contribution in [0.4, 0.5) is 0 Å². The van der Waals surface area contributed by atoms with Crippen LogP contribution in [-0.2, 0) is 0 Å². The third-order valence-electron chi connectivity index (χ3n) is 1.81. The standard InChI is InChI=1S/C9H21P.BrH/c1-2-3-4-5-6-7-8-9-10;/h2-10H2,1H3;1H. The third kappa shape index (κ3) is 13.8. The van der Waals surface area contributed by atoms with Crippen LogP contribution in [0.5, 0.6) is 0 Å². The number of rotatable bonds is 7. The second-order valence-corrected chi connectivity index (χ2v) is 3.49. The highest BCUT2D eigenvalue weighted by Gasteiger charge is 1.87. The molecular weight excluding hydrogens is 219 g/mol. The van der Waals surface area contributed by atoms with Crippen LogP contribution in [0.1, 0.15) is 51.9 Å². The molecule has 0 radical (unpaired) electrons. The van der Waals surface area contributed by atoms with Gasteiger partial charge < -0.3 is 0 Å². The van der Waals surface area contributed by atoms with Crippen LogP contribution in [-0.4, -0.2) is 6.16 Å². The van der Waals surface area contributed by atoms with Gasteiger partial charge in [0.15, 0.2) is 0 Å². The SMILES string of the molecule is Br.CCCCCCCCCP. The minimum atomic E-state index is 0. The van der Waals surface area contributed by atoms with Crippen molar-refractivity contribution in [2.45, 2.75) is 51.9 Å². The van der Waals surface area contributed by atoms with E-state index in [0.717, 1.165) is 0 Å². The Balaban J connectivity index is 0. The molecule has 0 rings (SSSR count). The van der Waals surface area contributed by atoms with E-state index in [1.165, 1.54) is 51.1 Å². The summed E-state index contributed by atoms with van der Waals surface area (Å²) in [5.74, 6) is 0. The highest BCUT2D eigenvalue weighted by molar-refractivity contribution is 8.93. The van der Waals surface area contributed by atoms with Gasteiger partial charge in [-0.25, -0.2) is 0 Å². The summed E-state index contributed by atoms with van der Waals surface area (Å²) in [7, 11) is 2.79. The Morgan fingerprint density at radius 1 is 0.818 bits per heavy atom. The summed E-state index contributed by atoms with van der Waals surface area (Å²) in [4.78, 5) is 0. The van der Waals surface area contributed by atoms with Crippen molar-refractivity contribution in [3.8, 4) is 0 Å². The van der Waals surface area contributed by atoms with E-state index < -0.39 is 0 Å². The zero-order chi connectivity index (χ0) is 7.66. The van der Waals surface area contributed by atoms with Crippen LogP contribution in [0.2, 0.25) is 0 Å². The average Bonchev–Trinajstić information content (AvgIpc) is 1.97. The normalized spacial score (nSPS) is 9.27. The smallest absolute Gasteiger partial charge is 0.0381 e. The van der Waals surface area contributed by atoms with Crippen LogP contribution in [0, 0.1) is 0 Å². The van der Waals surface area contributed by atoms with Crippen LogP contribution in [0.3, 0.4) is 0 Å². The molecule has 0 aliphatic carbocycles. The number of hydrogen-bond donors (Lipinski definition) is 0. The number of hydrogen-bond acceptors (Lipinski definition) is 0. The molecule has 11 heavy (non-hydrogen) atoms. The van der Waals surface area contributed by atoms with Crippen molar-refractivity contribution in [3.63, 3.8) is 0 Å². The van der Waals surface area contributed by atoms with Gasteiger partial charge in [0.25, 0.3) is 0 Å². The van der Waals surface area contributed by atoms with E-state index in [2.05, 4.69) is 16.2 Å². The molecular formula is C9H22BrP. The van der Waals surface area contributed by atoms with E-state index in [9.17, 15) is 0 Å². The number of unbranched alkanes of at least 4 members (excludes halogenated alkanes) is 6. The van der Waals surface area contributed by atoms with Gasteiger partial charge in [0.2, 0.25) is 0 Å². The topological polar surface area (TPSA) is 0 Å². The average molecular weight is 241 g/mol. The monoisotopic (exact) mass is 240 g/mol. The lowest BCUT2D eigenvalue weighted by atomic mass is 10.1. The lowest BCUT2D eigenvalue weighted by Crippen LogP contribution is -1.79. The van der Waals surface area contributed by atoms with Crippen molar-refractivity contribution in [2.75, 3.05) is 6.16 Å². The lowest BCUT2D eigenvalue weighted by Gasteiger charge is -1.97. The van der Waals surface area contributed by atoms with Gasteiger partial charge in [-0.15, -0.1) is 26.2 Å². The molecule has 0 saturated carbocycles. The zero-order valence-corrected chi connectivity index (χ0v) is 10.5. The van der Waals surface area contributed by atoms with Crippen LogP contribution < -0.4 is 0 Å².